The van der Waals surface area contributed by atoms with Crippen LogP contribution in [0.15, 0.2) is 23.1 Å². The molecule has 2 aliphatic carbocycles. The van der Waals surface area contributed by atoms with E-state index in [2.05, 4.69) is 35.7 Å². The van der Waals surface area contributed by atoms with E-state index in [0.29, 0.717) is 16.9 Å². The number of nitrogens with one attached hydrogen (secondary N) is 2. The van der Waals surface area contributed by atoms with Gasteiger partial charge in [0.2, 0.25) is 5.92 Å². The number of urea groups is 1. The molecule has 1 aliphatic heterocycles. The van der Waals surface area contributed by atoms with Gasteiger partial charge in [0, 0.05) is 32.5 Å². The number of amides is 3. The van der Waals surface area contributed by atoms with Crippen molar-refractivity contribution < 1.29 is 31.8 Å². The molecule has 6 rings (SSSR count). The van der Waals surface area contributed by atoms with Gasteiger partial charge in [0.15, 0.2) is 11.3 Å². The van der Waals surface area contributed by atoms with Crippen molar-refractivity contribution in [1.29, 1.82) is 0 Å². The predicted octanol–water partition coefficient (Wildman–Crippen LogP) is 3.12. The maximum atomic E-state index is 13.9. The maximum absolute atomic E-state index is 13.9. The van der Waals surface area contributed by atoms with Gasteiger partial charge in [0.1, 0.15) is 5.69 Å². The van der Waals surface area contributed by atoms with Crippen molar-refractivity contribution in [2.45, 2.75) is 57.0 Å². The summed E-state index contributed by atoms with van der Waals surface area (Å²) in [5.74, 6) is -8.13. The Hall–Kier alpha value is -3.78. The molecular formula is C24H26F4N8O3. The molecule has 3 atom stereocenters. The number of carbonyl (C=O) groups is 2. The van der Waals surface area contributed by atoms with Crippen molar-refractivity contribution in [3.8, 4) is 0 Å². The Morgan fingerprint density at radius 3 is 2.72 bits per heavy atom. The first kappa shape index (κ1) is 25.5. The molecule has 208 valence electrons. The number of hydrogen-bond acceptors (Lipinski definition) is 7. The van der Waals surface area contributed by atoms with E-state index in [9.17, 15) is 27.2 Å². The lowest BCUT2D eigenvalue weighted by Crippen LogP contribution is -2.40. The van der Waals surface area contributed by atoms with Gasteiger partial charge in [-0.05, 0) is 42.5 Å². The van der Waals surface area contributed by atoms with Crippen molar-refractivity contribution in [1.82, 2.24) is 40.4 Å². The fraction of sp³-hybridized carbons (Fsp3) is 0.583. The van der Waals surface area contributed by atoms with Crippen molar-refractivity contribution in [3.63, 3.8) is 0 Å². The van der Waals surface area contributed by atoms with E-state index in [1.54, 1.807) is 19.2 Å². The third-order valence-corrected chi connectivity index (χ3v) is 8.02. The molecule has 3 aliphatic rings. The number of aromatic nitrogens is 5. The van der Waals surface area contributed by atoms with Gasteiger partial charge in [-0.15, -0.1) is 0 Å². The number of rotatable bonds is 6. The van der Waals surface area contributed by atoms with Crippen LogP contribution in [0.3, 0.4) is 0 Å². The lowest BCUT2D eigenvalue weighted by molar-refractivity contribution is -0.0495. The van der Waals surface area contributed by atoms with E-state index >= 15 is 0 Å². The van der Waals surface area contributed by atoms with Gasteiger partial charge in [0.25, 0.3) is 11.8 Å². The van der Waals surface area contributed by atoms with Crippen molar-refractivity contribution >= 4 is 17.6 Å². The quantitative estimate of drug-likeness (QED) is 0.451. The molecule has 11 nitrogen and oxygen atoms in total. The average Bonchev–Trinajstić information content (AvgIpc) is 3.20. The molecule has 3 aromatic heterocycles. The van der Waals surface area contributed by atoms with Gasteiger partial charge in [-0.1, -0.05) is 5.16 Å². The summed E-state index contributed by atoms with van der Waals surface area (Å²) in [4.78, 5) is 31.3. The van der Waals surface area contributed by atoms with Crippen LogP contribution in [0, 0.1) is 24.7 Å². The van der Waals surface area contributed by atoms with Crippen LogP contribution in [0.4, 0.5) is 22.4 Å². The largest absolute Gasteiger partial charge is 0.342 e. The van der Waals surface area contributed by atoms with E-state index in [0.717, 1.165) is 0 Å². The minimum absolute atomic E-state index is 0.00970. The van der Waals surface area contributed by atoms with E-state index in [-0.39, 0.29) is 62.6 Å². The zero-order chi connectivity index (χ0) is 27.5. The lowest BCUT2D eigenvalue weighted by Gasteiger charge is -2.33. The maximum Gasteiger partial charge on any atom is 0.317 e. The second-order valence-electron chi connectivity index (χ2n) is 10.6. The molecule has 2 N–H and O–H groups in total. The summed E-state index contributed by atoms with van der Waals surface area (Å²) in [6.45, 7) is 1.50. The molecule has 0 radical (unpaired) electrons. The Kier molecular flexibility index (Phi) is 5.99. The molecule has 0 bridgehead atoms. The van der Waals surface area contributed by atoms with Gasteiger partial charge in [-0.2, -0.15) is 5.10 Å². The molecule has 0 aromatic carbocycles. The molecule has 3 amide bonds. The SMILES string of the molecule is Cc1nonc1C(=O)NC(c1cn2ncc(CN3CC4C(CNC3=O)C4(F)F)cc2n1)C1CCC(F)(F)CC1. The smallest absolute Gasteiger partial charge is 0.317 e. The number of imidazole rings is 1. The summed E-state index contributed by atoms with van der Waals surface area (Å²) < 4.78 is 61.7. The summed E-state index contributed by atoms with van der Waals surface area (Å²) in [7, 11) is 0. The number of carbonyl (C=O) groups excluding carboxylic acids is 2. The molecule has 3 aromatic rings. The summed E-state index contributed by atoms with van der Waals surface area (Å²) in [6.07, 6.45) is 2.87. The minimum Gasteiger partial charge on any atom is -0.342 e. The highest BCUT2D eigenvalue weighted by Gasteiger charge is 2.69. The summed E-state index contributed by atoms with van der Waals surface area (Å²) in [5, 5.41) is 17.0. The second kappa shape index (κ2) is 9.16. The topological polar surface area (TPSA) is 131 Å². The molecule has 0 spiro atoms. The number of nitrogens with zero attached hydrogens (tertiary/aromatic N) is 6. The van der Waals surface area contributed by atoms with Crippen LogP contribution < -0.4 is 10.6 Å². The van der Waals surface area contributed by atoms with Crippen LogP contribution in [0.1, 0.15) is 59.2 Å². The molecule has 3 unspecified atom stereocenters. The van der Waals surface area contributed by atoms with Gasteiger partial charge >= 0.3 is 6.03 Å². The van der Waals surface area contributed by atoms with Crippen LogP contribution in [0.25, 0.3) is 5.65 Å². The summed E-state index contributed by atoms with van der Waals surface area (Å²) in [5.41, 5.74) is 1.68. The van der Waals surface area contributed by atoms with E-state index in [1.165, 1.54) is 15.6 Å². The van der Waals surface area contributed by atoms with Crippen LogP contribution in [0.2, 0.25) is 0 Å². The summed E-state index contributed by atoms with van der Waals surface area (Å²) >= 11 is 0. The van der Waals surface area contributed by atoms with E-state index < -0.39 is 41.7 Å². The first-order valence-corrected chi connectivity index (χ1v) is 12.7. The van der Waals surface area contributed by atoms with Gasteiger partial charge < -0.3 is 15.5 Å². The lowest BCUT2D eigenvalue weighted by atomic mass is 9.81. The van der Waals surface area contributed by atoms with Crippen molar-refractivity contribution in [2.75, 3.05) is 13.1 Å². The van der Waals surface area contributed by atoms with Crippen LogP contribution in [-0.2, 0) is 6.54 Å². The normalized spacial score (nSPS) is 25.1. The average molecular weight is 551 g/mol. The first-order valence-electron chi connectivity index (χ1n) is 12.7. The van der Waals surface area contributed by atoms with E-state index in [1.807, 2.05) is 0 Å². The standard InChI is InChI=1S/C24H26F4N8O3/c1-12-19(34-39-33-12)21(37)32-20(14-2-4-23(25,26)5-3-14)17-11-36-18(31-17)6-13(7-30-36)9-35-10-16-15(24(16,27)28)8-29-22(35)38/h6-7,11,14-16,20H,2-5,8-10H2,1H3,(H,29,38)(H,32,37). The molecule has 15 heteroatoms. The van der Waals surface area contributed by atoms with E-state index in [4.69, 9.17) is 0 Å². The molecule has 39 heavy (non-hydrogen) atoms. The molecule has 1 saturated heterocycles. The Morgan fingerprint density at radius 1 is 1.23 bits per heavy atom. The van der Waals surface area contributed by atoms with Crippen LogP contribution >= 0.6 is 0 Å². The third-order valence-electron chi connectivity index (χ3n) is 8.02. The molecular weight excluding hydrogens is 524 g/mol. The Labute approximate surface area is 219 Å². The Morgan fingerprint density at radius 2 is 2.00 bits per heavy atom. The first-order chi connectivity index (χ1) is 18.5. The molecule has 2 saturated carbocycles. The monoisotopic (exact) mass is 550 g/mol. The fourth-order valence-electron chi connectivity index (χ4n) is 5.62. The molecule has 3 fully saturated rings. The highest BCUT2D eigenvalue weighted by Crippen LogP contribution is 2.55. The van der Waals surface area contributed by atoms with Gasteiger partial charge in [0.05, 0.1) is 36.0 Å². The number of aryl methyl sites for hydroxylation is 1. The minimum atomic E-state index is -2.78. The second-order valence-corrected chi connectivity index (χ2v) is 10.6. The number of hydrogen-bond donors (Lipinski definition) is 2. The van der Waals surface area contributed by atoms with Gasteiger partial charge in [-0.3, -0.25) is 4.79 Å². The number of alkyl halides is 4. The van der Waals surface area contributed by atoms with Crippen LogP contribution in [0.5, 0.6) is 0 Å². The number of fused-ring (bicyclic) bond motifs is 2. The van der Waals surface area contributed by atoms with Crippen molar-refractivity contribution in [3.05, 3.63) is 41.1 Å². The predicted molar refractivity (Wildman–Crippen MR) is 125 cm³/mol. The summed E-state index contributed by atoms with van der Waals surface area (Å²) in [6, 6.07) is 0.549. The molecule has 4 heterocycles. The Bertz CT molecular complexity index is 1420. The van der Waals surface area contributed by atoms with Crippen LogP contribution in [-0.4, -0.2) is 66.7 Å². The Balaban J connectivity index is 1.25. The fourth-order valence-corrected chi connectivity index (χ4v) is 5.62. The highest BCUT2D eigenvalue weighted by atomic mass is 19.3. The zero-order valence-electron chi connectivity index (χ0n) is 20.9. The number of halogens is 4. The zero-order valence-corrected chi connectivity index (χ0v) is 20.9. The highest BCUT2D eigenvalue weighted by molar-refractivity contribution is 5.93. The third kappa shape index (κ3) is 4.78. The van der Waals surface area contributed by atoms with Crippen molar-refractivity contribution in [2.24, 2.45) is 17.8 Å². The van der Waals surface area contributed by atoms with Gasteiger partial charge in [-0.25, -0.2) is 36.5 Å².